The Morgan fingerprint density at radius 2 is 1.77 bits per heavy atom. The van der Waals surface area contributed by atoms with Gasteiger partial charge < -0.3 is 19.9 Å². The van der Waals surface area contributed by atoms with Gasteiger partial charge in [-0.25, -0.2) is 4.98 Å². The third-order valence-corrected chi connectivity index (χ3v) is 6.09. The zero-order chi connectivity index (χ0) is 20.2. The van der Waals surface area contributed by atoms with E-state index in [0.29, 0.717) is 5.92 Å². The van der Waals surface area contributed by atoms with Crippen LogP contribution >= 0.6 is 0 Å². The first-order valence-electron chi connectivity index (χ1n) is 10.8. The summed E-state index contributed by atoms with van der Waals surface area (Å²) in [6.07, 6.45) is 7.84. The summed E-state index contributed by atoms with van der Waals surface area (Å²) in [5.41, 5.74) is 2.16. The number of hydrogen-bond donors (Lipinski definition) is 1. The molecule has 2 saturated heterocycles. The topological polar surface area (TPSA) is 66.4 Å². The first kappa shape index (κ1) is 19.1. The first-order valence-corrected chi connectivity index (χ1v) is 10.8. The maximum Gasteiger partial charge on any atom is 0.140 e. The highest BCUT2D eigenvalue weighted by atomic mass is 16.5. The maximum absolute atomic E-state index is 5.52. The van der Waals surface area contributed by atoms with E-state index in [1.165, 1.54) is 0 Å². The number of anilines is 3. The Bertz CT molecular complexity index is 968. The molecule has 7 heteroatoms. The molecule has 156 valence electrons. The predicted octanol–water partition coefficient (Wildman–Crippen LogP) is 3.19. The van der Waals surface area contributed by atoms with Crippen molar-refractivity contribution in [3.8, 4) is 0 Å². The molecule has 7 nitrogen and oxygen atoms in total. The molecular weight excluding hydrogens is 376 g/mol. The second-order valence-corrected chi connectivity index (χ2v) is 8.02. The van der Waals surface area contributed by atoms with Crippen LogP contribution in [0.1, 0.15) is 12.8 Å². The number of hydrogen-bond acceptors (Lipinski definition) is 7. The number of ether oxygens (including phenoxy) is 1. The predicted molar refractivity (Wildman–Crippen MR) is 120 cm³/mol. The number of morpholine rings is 1. The second kappa shape index (κ2) is 8.83. The molecule has 5 rings (SSSR count). The van der Waals surface area contributed by atoms with E-state index < -0.39 is 0 Å². The standard InChI is InChI=1S/C23H28N6O/c1-2-20-21(25-7-1)16-22(28-12-14-30-15-13-28)27-23(20)29-10-5-18(6-11-29)17-26-19-3-8-24-9-4-19/h1-4,7-9,16,18H,5-6,10-15,17H2,(H,24,26). The third kappa shape index (κ3) is 4.16. The molecule has 2 fully saturated rings. The van der Waals surface area contributed by atoms with E-state index in [4.69, 9.17) is 9.72 Å². The molecule has 0 aliphatic carbocycles. The molecule has 0 atom stereocenters. The van der Waals surface area contributed by atoms with Gasteiger partial charge in [-0.3, -0.25) is 9.97 Å². The maximum atomic E-state index is 5.52. The van der Waals surface area contributed by atoms with E-state index in [1.807, 2.05) is 36.8 Å². The molecule has 3 aromatic rings. The number of fused-ring (bicyclic) bond motifs is 1. The van der Waals surface area contributed by atoms with Crippen molar-refractivity contribution >= 4 is 28.2 Å². The van der Waals surface area contributed by atoms with Crippen molar-refractivity contribution in [1.29, 1.82) is 0 Å². The average Bonchev–Trinajstić information content (AvgIpc) is 2.83. The van der Waals surface area contributed by atoms with Crippen LogP contribution in [-0.2, 0) is 4.74 Å². The van der Waals surface area contributed by atoms with Crippen molar-refractivity contribution in [3.63, 3.8) is 0 Å². The largest absolute Gasteiger partial charge is 0.385 e. The van der Waals surface area contributed by atoms with Gasteiger partial charge in [0, 0.05) is 68.5 Å². The van der Waals surface area contributed by atoms with Crippen LogP contribution in [0.5, 0.6) is 0 Å². The first-order chi connectivity index (χ1) is 14.9. The quantitative estimate of drug-likeness (QED) is 0.700. The van der Waals surface area contributed by atoms with Crippen molar-refractivity contribution in [3.05, 3.63) is 48.9 Å². The number of aromatic nitrogens is 3. The van der Waals surface area contributed by atoms with Crippen LogP contribution in [0.25, 0.3) is 10.9 Å². The molecule has 0 amide bonds. The van der Waals surface area contributed by atoms with Gasteiger partial charge in [-0.15, -0.1) is 0 Å². The molecule has 0 radical (unpaired) electrons. The van der Waals surface area contributed by atoms with Crippen LogP contribution < -0.4 is 15.1 Å². The fraction of sp³-hybridized carbons (Fsp3) is 0.435. The minimum Gasteiger partial charge on any atom is -0.385 e. The Morgan fingerprint density at radius 1 is 0.967 bits per heavy atom. The normalized spacial score (nSPS) is 18.0. The summed E-state index contributed by atoms with van der Waals surface area (Å²) >= 11 is 0. The SMILES string of the molecule is c1cnc2cc(N3CCOCC3)nc(N3CCC(CNc4ccncc4)CC3)c2c1. The third-order valence-electron chi connectivity index (χ3n) is 6.09. The summed E-state index contributed by atoms with van der Waals surface area (Å²) in [5.74, 6) is 2.75. The van der Waals surface area contributed by atoms with Crippen molar-refractivity contribution in [2.45, 2.75) is 12.8 Å². The smallest absolute Gasteiger partial charge is 0.140 e. The fourth-order valence-electron chi connectivity index (χ4n) is 4.32. The molecular formula is C23H28N6O. The van der Waals surface area contributed by atoms with Gasteiger partial charge in [-0.05, 0) is 43.0 Å². The lowest BCUT2D eigenvalue weighted by Gasteiger charge is -2.35. The van der Waals surface area contributed by atoms with Gasteiger partial charge in [0.2, 0.25) is 0 Å². The van der Waals surface area contributed by atoms with Crippen LogP contribution in [0, 0.1) is 5.92 Å². The van der Waals surface area contributed by atoms with Gasteiger partial charge in [0.1, 0.15) is 11.6 Å². The molecule has 0 unspecified atom stereocenters. The summed E-state index contributed by atoms with van der Waals surface area (Å²) in [6.45, 7) is 6.32. The van der Waals surface area contributed by atoms with E-state index in [0.717, 1.165) is 87.0 Å². The zero-order valence-electron chi connectivity index (χ0n) is 17.2. The average molecular weight is 405 g/mol. The number of pyridine rings is 3. The number of nitrogens with zero attached hydrogens (tertiary/aromatic N) is 5. The highest BCUT2D eigenvalue weighted by Gasteiger charge is 2.23. The van der Waals surface area contributed by atoms with Gasteiger partial charge in [0.25, 0.3) is 0 Å². The number of rotatable bonds is 5. The lowest BCUT2D eigenvalue weighted by Crippen LogP contribution is -2.38. The number of piperidine rings is 1. The van der Waals surface area contributed by atoms with Crippen LogP contribution in [-0.4, -0.2) is 60.9 Å². The van der Waals surface area contributed by atoms with Gasteiger partial charge in [0.05, 0.1) is 18.7 Å². The zero-order valence-corrected chi connectivity index (χ0v) is 17.2. The van der Waals surface area contributed by atoms with E-state index in [1.54, 1.807) is 0 Å². The van der Waals surface area contributed by atoms with Crippen LogP contribution in [0.4, 0.5) is 17.3 Å². The van der Waals surface area contributed by atoms with E-state index >= 15 is 0 Å². The van der Waals surface area contributed by atoms with E-state index in [-0.39, 0.29) is 0 Å². The highest BCUT2D eigenvalue weighted by molar-refractivity contribution is 5.91. The Balaban J connectivity index is 1.31. The molecule has 0 bridgehead atoms. The fourth-order valence-corrected chi connectivity index (χ4v) is 4.32. The second-order valence-electron chi connectivity index (χ2n) is 8.02. The van der Waals surface area contributed by atoms with Gasteiger partial charge >= 0.3 is 0 Å². The van der Waals surface area contributed by atoms with Gasteiger partial charge in [-0.1, -0.05) is 0 Å². The van der Waals surface area contributed by atoms with Crippen molar-refractivity contribution in [1.82, 2.24) is 15.0 Å². The Labute approximate surface area is 177 Å². The van der Waals surface area contributed by atoms with E-state index in [2.05, 4.69) is 37.2 Å². The van der Waals surface area contributed by atoms with Crippen LogP contribution in [0.2, 0.25) is 0 Å². The van der Waals surface area contributed by atoms with Crippen LogP contribution in [0.15, 0.2) is 48.9 Å². The summed E-state index contributed by atoms with van der Waals surface area (Å²) in [7, 11) is 0. The minimum absolute atomic E-state index is 0.668. The van der Waals surface area contributed by atoms with E-state index in [9.17, 15) is 0 Å². The Kier molecular flexibility index (Phi) is 5.61. The molecule has 3 aromatic heterocycles. The lowest BCUT2D eigenvalue weighted by atomic mass is 9.96. The Hall–Kier alpha value is -2.93. The molecule has 0 saturated carbocycles. The highest BCUT2D eigenvalue weighted by Crippen LogP contribution is 2.31. The summed E-state index contributed by atoms with van der Waals surface area (Å²) in [6, 6.07) is 10.3. The number of nitrogens with one attached hydrogen (secondary N) is 1. The molecule has 0 spiro atoms. The molecule has 2 aliphatic heterocycles. The monoisotopic (exact) mass is 404 g/mol. The molecule has 5 heterocycles. The lowest BCUT2D eigenvalue weighted by molar-refractivity contribution is 0.122. The van der Waals surface area contributed by atoms with Crippen molar-refractivity contribution < 1.29 is 4.74 Å². The van der Waals surface area contributed by atoms with Crippen LogP contribution in [0.3, 0.4) is 0 Å². The van der Waals surface area contributed by atoms with Crippen molar-refractivity contribution in [2.75, 3.05) is 61.1 Å². The van der Waals surface area contributed by atoms with Gasteiger partial charge in [-0.2, -0.15) is 0 Å². The summed E-state index contributed by atoms with van der Waals surface area (Å²) < 4.78 is 5.52. The summed E-state index contributed by atoms with van der Waals surface area (Å²) in [4.78, 5) is 18.6. The molecule has 2 aliphatic rings. The Morgan fingerprint density at radius 3 is 2.57 bits per heavy atom. The molecule has 1 N–H and O–H groups in total. The van der Waals surface area contributed by atoms with Gasteiger partial charge in [0.15, 0.2) is 0 Å². The summed E-state index contributed by atoms with van der Waals surface area (Å²) in [5, 5.41) is 4.69. The van der Waals surface area contributed by atoms with Crippen molar-refractivity contribution in [2.24, 2.45) is 5.92 Å². The molecule has 30 heavy (non-hydrogen) atoms. The minimum atomic E-state index is 0.668. The molecule has 0 aromatic carbocycles.